The lowest BCUT2D eigenvalue weighted by Gasteiger charge is -2.10. The minimum Gasteiger partial charge on any atom is -0.496 e. The summed E-state index contributed by atoms with van der Waals surface area (Å²) in [6.45, 7) is 5.22. The molecule has 0 unspecified atom stereocenters. The first-order valence-corrected chi connectivity index (χ1v) is 7.81. The molecule has 22 heavy (non-hydrogen) atoms. The molecule has 0 heterocycles. The van der Waals surface area contributed by atoms with E-state index in [2.05, 4.69) is 48.6 Å². The molecule has 0 fully saturated rings. The molecule has 1 N–H and O–H groups in total. The number of nitrogens with one attached hydrogen (secondary N) is 1. The highest BCUT2D eigenvalue weighted by Crippen LogP contribution is 2.20. The summed E-state index contributed by atoms with van der Waals surface area (Å²) < 4.78 is 11.1. The van der Waals surface area contributed by atoms with E-state index in [9.17, 15) is 0 Å². The normalized spacial score (nSPS) is 10.6. The zero-order valence-electron chi connectivity index (χ0n) is 13.5. The van der Waals surface area contributed by atoms with Gasteiger partial charge in [-0.1, -0.05) is 43.3 Å². The van der Waals surface area contributed by atoms with Crippen molar-refractivity contribution in [1.29, 1.82) is 0 Å². The molecule has 0 saturated carbocycles. The molecule has 0 aliphatic carbocycles. The van der Waals surface area contributed by atoms with E-state index in [0.29, 0.717) is 13.2 Å². The molecule has 2 aromatic rings. The Morgan fingerprint density at radius 2 is 1.82 bits per heavy atom. The molecule has 0 saturated heterocycles. The third kappa shape index (κ3) is 5.17. The van der Waals surface area contributed by atoms with Crippen molar-refractivity contribution in [1.82, 2.24) is 5.32 Å². The van der Waals surface area contributed by atoms with Crippen LogP contribution in [-0.2, 0) is 24.3 Å². The Balaban J connectivity index is 1.66. The molecule has 0 aliphatic rings. The van der Waals surface area contributed by atoms with Gasteiger partial charge >= 0.3 is 0 Å². The molecular formula is C19H25NO2. The number of aryl methyl sites for hydroxylation is 1. The summed E-state index contributed by atoms with van der Waals surface area (Å²) in [5, 5.41) is 3.38. The molecule has 0 radical (unpaired) electrons. The fourth-order valence-corrected chi connectivity index (χ4v) is 2.36. The van der Waals surface area contributed by atoms with Crippen LogP contribution < -0.4 is 10.1 Å². The maximum Gasteiger partial charge on any atom is 0.122 e. The maximum atomic E-state index is 5.73. The second-order valence-electron chi connectivity index (χ2n) is 5.21. The Bertz CT molecular complexity index is 555. The van der Waals surface area contributed by atoms with Gasteiger partial charge in [-0.25, -0.2) is 0 Å². The average Bonchev–Trinajstić information content (AvgIpc) is 2.58. The van der Waals surface area contributed by atoms with Crippen LogP contribution in [0.25, 0.3) is 0 Å². The third-order valence-corrected chi connectivity index (χ3v) is 3.59. The van der Waals surface area contributed by atoms with Gasteiger partial charge in [-0.2, -0.15) is 0 Å². The highest BCUT2D eigenvalue weighted by atomic mass is 16.5. The monoisotopic (exact) mass is 299 g/mol. The summed E-state index contributed by atoms with van der Waals surface area (Å²) in [5.41, 5.74) is 3.72. The van der Waals surface area contributed by atoms with Crippen LogP contribution in [-0.4, -0.2) is 20.3 Å². The minimum atomic E-state index is 0.643. The Morgan fingerprint density at radius 1 is 1.00 bits per heavy atom. The molecule has 2 aromatic carbocycles. The molecular weight excluding hydrogens is 274 g/mol. The average molecular weight is 299 g/mol. The first-order valence-electron chi connectivity index (χ1n) is 7.81. The Morgan fingerprint density at radius 3 is 2.55 bits per heavy atom. The van der Waals surface area contributed by atoms with Crippen molar-refractivity contribution >= 4 is 0 Å². The SMILES string of the molecule is CCc1cc(COCCNCc2ccccc2)ccc1OC. The predicted octanol–water partition coefficient (Wildman–Crippen LogP) is 3.56. The van der Waals surface area contributed by atoms with Gasteiger partial charge in [-0.3, -0.25) is 0 Å². The molecule has 3 heteroatoms. The highest BCUT2D eigenvalue weighted by molar-refractivity contribution is 5.37. The van der Waals surface area contributed by atoms with Gasteiger partial charge in [0.05, 0.1) is 20.3 Å². The quantitative estimate of drug-likeness (QED) is 0.718. The van der Waals surface area contributed by atoms with Crippen LogP contribution in [0.2, 0.25) is 0 Å². The van der Waals surface area contributed by atoms with E-state index in [1.807, 2.05) is 12.1 Å². The zero-order valence-corrected chi connectivity index (χ0v) is 13.5. The highest BCUT2D eigenvalue weighted by Gasteiger charge is 2.02. The van der Waals surface area contributed by atoms with Crippen molar-refractivity contribution in [3.63, 3.8) is 0 Å². The van der Waals surface area contributed by atoms with Crippen molar-refractivity contribution in [2.45, 2.75) is 26.5 Å². The van der Waals surface area contributed by atoms with Crippen molar-refractivity contribution in [2.75, 3.05) is 20.3 Å². The fourth-order valence-electron chi connectivity index (χ4n) is 2.36. The number of hydrogen-bond donors (Lipinski definition) is 1. The van der Waals surface area contributed by atoms with Crippen LogP contribution in [0.4, 0.5) is 0 Å². The zero-order chi connectivity index (χ0) is 15.6. The minimum absolute atomic E-state index is 0.643. The Kier molecular flexibility index (Phi) is 6.94. The topological polar surface area (TPSA) is 30.5 Å². The van der Waals surface area contributed by atoms with E-state index in [0.717, 1.165) is 25.3 Å². The van der Waals surface area contributed by atoms with Crippen LogP contribution >= 0.6 is 0 Å². The smallest absolute Gasteiger partial charge is 0.122 e. The molecule has 0 aliphatic heterocycles. The van der Waals surface area contributed by atoms with Crippen molar-refractivity contribution in [3.8, 4) is 5.75 Å². The van der Waals surface area contributed by atoms with Crippen molar-refractivity contribution in [2.24, 2.45) is 0 Å². The summed E-state index contributed by atoms with van der Waals surface area (Å²) >= 11 is 0. The third-order valence-electron chi connectivity index (χ3n) is 3.59. The summed E-state index contributed by atoms with van der Waals surface area (Å²) in [5.74, 6) is 0.954. The van der Waals surface area contributed by atoms with Crippen LogP contribution in [0.3, 0.4) is 0 Å². The van der Waals surface area contributed by atoms with Gasteiger partial charge in [0.1, 0.15) is 5.75 Å². The van der Waals surface area contributed by atoms with Gasteiger partial charge in [-0.05, 0) is 35.2 Å². The summed E-state index contributed by atoms with van der Waals surface area (Å²) in [6.07, 6.45) is 0.968. The number of ether oxygens (including phenoxy) is 2. The molecule has 0 aromatic heterocycles. The molecule has 0 bridgehead atoms. The summed E-state index contributed by atoms with van der Waals surface area (Å²) in [6, 6.07) is 16.6. The first kappa shape index (κ1) is 16.5. The predicted molar refractivity (Wildman–Crippen MR) is 90.2 cm³/mol. The largest absolute Gasteiger partial charge is 0.496 e. The molecule has 0 atom stereocenters. The first-order chi connectivity index (χ1) is 10.8. The van der Waals surface area contributed by atoms with E-state index in [1.54, 1.807) is 7.11 Å². The number of rotatable bonds is 9. The van der Waals surface area contributed by atoms with E-state index >= 15 is 0 Å². The van der Waals surface area contributed by atoms with Gasteiger partial charge < -0.3 is 14.8 Å². The number of benzene rings is 2. The van der Waals surface area contributed by atoms with Gasteiger partial charge in [0.15, 0.2) is 0 Å². The van der Waals surface area contributed by atoms with Gasteiger partial charge in [0, 0.05) is 13.1 Å². The van der Waals surface area contributed by atoms with E-state index < -0.39 is 0 Å². The molecule has 0 amide bonds. The number of hydrogen-bond acceptors (Lipinski definition) is 3. The standard InChI is InChI=1S/C19H25NO2/c1-3-18-13-17(9-10-19(18)21-2)15-22-12-11-20-14-16-7-5-4-6-8-16/h4-10,13,20H,3,11-12,14-15H2,1-2H3. The second-order valence-corrected chi connectivity index (χ2v) is 5.21. The Labute approximate surface area is 133 Å². The van der Waals surface area contributed by atoms with Crippen LogP contribution in [0.5, 0.6) is 5.75 Å². The molecule has 0 spiro atoms. The maximum absolute atomic E-state index is 5.73. The fraction of sp³-hybridized carbons (Fsp3) is 0.368. The van der Waals surface area contributed by atoms with Gasteiger partial charge in [0.25, 0.3) is 0 Å². The summed E-state index contributed by atoms with van der Waals surface area (Å²) in [7, 11) is 1.71. The van der Waals surface area contributed by atoms with Crippen LogP contribution in [0.15, 0.2) is 48.5 Å². The lowest BCUT2D eigenvalue weighted by molar-refractivity contribution is 0.122. The number of methoxy groups -OCH3 is 1. The molecule has 2 rings (SSSR count). The van der Waals surface area contributed by atoms with E-state index in [4.69, 9.17) is 9.47 Å². The molecule has 118 valence electrons. The van der Waals surface area contributed by atoms with Crippen LogP contribution in [0, 0.1) is 0 Å². The van der Waals surface area contributed by atoms with Crippen LogP contribution in [0.1, 0.15) is 23.6 Å². The van der Waals surface area contributed by atoms with E-state index in [-0.39, 0.29) is 0 Å². The van der Waals surface area contributed by atoms with Gasteiger partial charge in [-0.15, -0.1) is 0 Å². The van der Waals surface area contributed by atoms with Crippen molar-refractivity contribution in [3.05, 3.63) is 65.2 Å². The lowest BCUT2D eigenvalue weighted by atomic mass is 10.1. The van der Waals surface area contributed by atoms with E-state index in [1.165, 1.54) is 16.7 Å². The summed E-state index contributed by atoms with van der Waals surface area (Å²) in [4.78, 5) is 0. The van der Waals surface area contributed by atoms with Gasteiger partial charge in [0.2, 0.25) is 0 Å². The molecule has 3 nitrogen and oxygen atoms in total. The van der Waals surface area contributed by atoms with Crippen molar-refractivity contribution < 1.29 is 9.47 Å². The second kappa shape index (κ2) is 9.23. The Hall–Kier alpha value is -1.84. The lowest BCUT2D eigenvalue weighted by Crippen LogP contribution is -2.19.